The maximum atomic E-state index is 12.4. The monoisotopic (exact) mass is 318 g/mol. The fourth-order valence-electron chi connectivity index (χ4n) is 1.98. The van der Waals surface area contributed by atoms with Gasteiger partial charge in [0.25, 0.3) is 0 Å². The number of phenols is 1. The molecule has 1 aromatic rings. The lowest BCUT2D eigenvalue weighted by molar-refractivity contribution is -0.189. The van der Waals surface area contributed by atoms with Crippen molar-refractivity contribution in [2.75, 3.05) is 0 Å². The zero-order valence-corrected chi connectivity index (χ0v) is 13.6. The van der Waals surface area contributed by atoms with Gasteiger partial charge in [-0.3, -0.25) is 0 Å². The zero-order valence-electron chi connectivity index (χ0n) is 13.6. The van der Waals surface area contributed by atoms with Crippen LogP contribution in [0.5, 0.6) is 11.5 Å². The largest absolute Gasteiger partial charge is 0.507 e. The number of aromatic hydroxyl groups is 1. The van der Waals surface area contributed by atoms with E-state index in [-0.39, 0.29) is 11.5 Å². The number of esters is 1. The van der Waals surface area contributed by atoms with E-state index in [0.29, 0.717) is 11.1 Å². The van der Waals surface area contributed by atoms with E-state index >= 15 is 0 Å². The van der Waals surface area contributed by atoms with Crippen LogP contribution in [0.1, 0.15) is 52.7 Å². The van der Waals surface area contributed by atoms with E-state index in [4.69, 9.17) is 0 Å². The molecule has 0 fully saturated rings. The van der Waals surface area contributed by atoms with E-state index in [0.717, 1.165) is 0 Å². The number of hydrogen-bond acceptors (Lipinski definition) is 3. The van der Waals surface area contributed by atoms with Crippen LogP contribution in [0.15, 0.2) is 12.1 Å². The van der Waals surface area contributed by atoms with Crippen molar-refractivity contribution in [2.24, 2.45) is 0 Å². The van der Waals surface area contributed by atoms with Crippen LogP contribution in [0.4, 0.5) is 13.2 Å². The molecule has 124 valence electrons. The van der Waals surface area contributed by atoms with Gasteiger partial charge in [0.1, 0.15) is 11.5 Å². The number of hydrogen-bond donors (Lipinski definition) is 1. The van der Waals surface area contributed by atoms with Crippen molar-refractivity contribution in [2.45, 2.75) is 58.5 Å². The summed E-state index contributed by atoms with van der Waals surface area (Å²) in [6.45, 7) is 10.9. The standard InChI is InChI=1S/C16H21F3O3/c1-14(2,3)10-7-9(22-13(21)16(17,18)19)8-11(12(10)20)15(4,5)6/h7-8,20H,1-6H3. The van der Waals surface area contributed by atoms with Crippen molar-refractivity contribution in [1.82, 2.24) is 0 Å². The average Bonchev–Trinajstić information content (AvgIpc) is 2.26. The van der Waals surface area contributed by atoms with E-state index < -0.39 is 23.0 Å². The molecule has 0 aliphatic rings. The molecular weight excluding hydrogens is 297 g/mol. The van der Waals surface area contributed by atoms with Crippen LogP contribution in [0, 0.1) is 0 Å². The van der Waals surface area contributed by atoms with Crippen molar-refractivity contribution in [3.8, 4) is 11.5 Å². The SMILES string of the molecule is CC(C)(C)c1cc(OC(=O)C(F)(F)F)cc(C(C)(C)C)c1O. The summed E-state index contributed by atoms with van der Waals surface area (Å²) in [5, 5.41) is 10.4. The highest BCUT2D eigenvalue weighted by molar-refractivity contribution is 5.78. The van der Waals surface area contributed by atoms with Gasteiger partial charge >= 0.3 is 12.1 Å². The minimum absolute atomic E-state index is 0.00630. The molecule has 0 aromatic heterocycles. The summed E-state index contributed by atoms with van der Waals surface area (Å²) in [4.78, 5) is 11.0. The summed E-state index contributed by atoms with van der Waals surface area (Å²) in [6.07, 6.45) is -5.07. The first-order chi connectivity index (χ1) is 9.64. The number of halogens is 3. The zero-order chi connectivity index (χ0) is 17.5. The van der Waals surface area contributed by atoms with E-state index in [1.165, 1.54) is 12.1 Å². The summed E-state index contributed by atoms with van der Waals surface area (Å²) < 4.78 is 41.5. The highest BCUT2D eigenvalue weighted by Crippen LogP contribution is 2.41. The Bertz CT molecular complexity index is 541. The van der Waals surface area contributed by atoms with Crippen LogP contribution < -0.4 is 4.74 Å². The predicted octanol–water partition coefficient (Wildman–Crippen LogP) is 4.45. The predicted molar refractivity (Wildman–Crippen MR) is 77.2 cm³/mol. The molecule has 1 N–H and O–H groups in total. The molecular formula is C16H21F3O3. The van der Waals surface area contributed by atoms with Gasteiger partial charge in [-0.2, -0.15) is 13.2 Å². The molecule has 0 unspecified atom stereocenters. The smallest absolute Gasteiger partial charge is 0.491 e. The Morgan fingerprint density at radius 1 is 0.955 bits per heavy atom. The Labute approximate surface area is 128 Å². The lowest BCUT2D eigenvalue weighted by Crippen LogP contribution is -2.28. The summed E-state index contributed by atoms with van der Waals surface area (Å²) in [5.41, 5.74) is -0.204. The molecule has 0 aliphatic carbocycles. The van der Waals surface area contributed by atoms with Gasteiger partial charge in [-0.05, 0) is 23.0 Å². The van der Waals surface area contributed by atoms with Gasteiger partial charge in [0.05, 0.1) is 0 Å². The number of ether oxygens (including phenoxy) is 1. The molecule has 0 bridgehead atoms. The molecule has 0 aliphatic heterocycles. The second-order valence-electron chi connectivity index (χ2n) is 7.25. The lowest BCUT2D eigenvalue weighted by atomic mass is 9.79. The normalized spacial score (nSPS) is 13.1. The summed E-state index contributed by atoms with van der Waals surface area (Å²) in [7, 11) is 0. The van der Waals surface area contributed by atoms with Gasteiger partial charge in [0.15, 0.2) is 0 Å². The Morgan fingerprint density at radius 2 is 1.32 bits per heavy atom. The summed E-state index contributed by atoms with van der Waals surface area (Å²) in [6, 6.07) is 2.54. The van der Waals surface area contributed by atoms with Gasteiger partial charge in [-0.1, -0.05) is 41.5 Å². The molecule has 0 radical (unpaired) electrons. The first-order valence-electron chi connectivity index (χ1n) is 6.81. The maximum Gasteiger partial charge on any atom is 0.491 e. The quantitative estimate of drug-likeness (QED) is 0.614. The van der Waals surface area contributed by atoms with Gasteiger partial charge in [0.2, 0.25) is 0 Å². The van der Waals surface area contributed by atoms with Crippen LogP contribution in [0.25, 0.3) is 0 Å². The molecule has 1 aromatic carbocycles. The van der Waals surface area contributed by atoms with Gasteiger partial charge in [-0.15, -0.1) is 0 Å². The summed E-state index contributed by atoms with van der Waals surface area (Å²) >= 11 is 0. The maximum absolute atomic E-state index is 12.4. The number of rotatable bonds is 1. The Morgan fingerprint density at radius 3 is 1.59 bits per heavy atom. The molecule has 0 heterocycles. The van der Waals surface area contributed by atoms with Crippen LogP contribution >= 0.6 is 0 Å². The van der Waals surface area contributed by atoms with Crippen molar-refractivity contribution in [3.63, 3.8) is 0 Å². The molecule has 0 saturated carbocycles. The Balaban J connectivity index is 3.46. The third kappa shape index (κ3) is 4.15. The molecule has 0 atom stereocenters. The van der Waals surface area contributed by atoms with Crippen molar-refractivity contribution in [3.05, 3.63) is 23.3 Å². The van der Waals surface area contributed by atoms with Crippen molar-refractivity contribution < 1.29 is 27.8 Å². The van der Waals surface area contributed by atoms with Gasteiger partial charge in [-0.25, -0.2) is 4.79 Å². The Kier molecular flexibility index (Phi) is 4.57. The fraction of sp³-hybridized carbons (Fsp3) is 0.562. The third-order valence-corrected chi connectivity index (χ3v) is 3.14. The molecule has 0 amide bonds. The minimum Gasteiger partial charge on any atom is -0.507 e. The van der Waals surface area contributed by atoms with Crippen molar-refractivity contribution >= 4 is 5.97 Å². The number of phenolic OH excluding ortho intramolecular Hbond substituents is 1. The second kappa shape index (κ2) is 5.48. The van der Waals surface area contributed by atoms with Crippen LogP contribution in [-0.4, -0.2) is 17.3 Å². The highest BCUT2D eigenvalue weighted by atomic mass is 19.4. The first-order valence-corrected chi connectivity index (χ1v) is 6.81. The number of alkyl halides is 3. The first kappa shape index (κ1) is 18.3. The van der Waals surface area contributed by atoms with Crippen LogP contribution in [-0.2, 0) is 15.6 Å². The number of carbonyl (C=O) groups excluding carboxylic acids is 1. The van der Waals surface area contributed by atoms with Crippen LogP contribution in [0.2, 0.25) is 0 Å². The lowest BCUT2D eigenvalue weighted by Gasteiger charge is -2.28. The third-order valence-electron chi connectivity index (χ3n) is 3.14. The highest BCUT2D eigenvalue weighted by Gasteiger charge is 2.41. The minimum atomic E-state index is -5.07. The second-order valence-corrected chi connectivity index (χ2v) is 7.25. The van der Waals surface area contributed by atoms with Gasteiger partial charge < -0.3 is 9.84 Å². The summed E-state index contributed by atoms with van der Waals surface area (Å²) in [5.74, 6) is -2.50. The molecule has 22 heavy (non-hydrogen) atoms. The number of carbonyl (C=O) groups is 1. The van der Waals surface area contributed by atoms with E-state index in [1.807, 2.05) is 41.5 Å². The van der Waals surface area contributed by atoms with E-state index in [1.54, 1.807) is 0 Å². The van der Waals surface area contributed by atoms with Crippen molar-refractivity contribution in [1.29, 1.82) is 0 Å². The average molecular weight is 318 g/mol. The Hall–Kier alpha value is -1.72. The molecule has 0 spiro atoms. The van der Waals surface area contributed by atoms with Gasteiger partial charge in [0, 0.05) is 11.1 Å². The molecule has 3 nitrogen and oxygen atoms in total. The topological polar surface area (TPSA) is 46.5 Å². The molecule has 1 rings (SSSR count). The molecule has 0 saturated heterocycles. The van der Waals surface area contributed by atoms with Crippen LogP contribution in [0.3, 0.4) is 0 Å². The number of benzene rings is 1. The molecule has 6 heteroatoms. The van der Waals surface area contributed by atoms with E-state index in [9.17, 15) is 23.1 Å². The fourth-order valence-corrected chi connectivity index (χ4v) is 1.98. The van der Waals surface area contributed by atoms with E-state index in [2.05, 4.69) is 4.74 Å².